The molecule has 3 rings (SSSR count). The van der Waals surface area contributed by atoms with Crippen molar-refractivity contribution >= 4 is 16.6 Å². The summed E-state index contributed by atoms with van der Waals surface area (Å²) in [6, 6.07) is 10.3. The quantitative estimate of drug-likeness (QED) is 0.730. The highest BCUT2D eigenvalue weighted by Crippen LogP contribution is 2.20. The first-order valence-electron chi connectivity index (χ1n) is 6.53. The zero-order valence-corrected chi connectivity index (χ0v) is 11.3. The van der Waals surface area contributed by atoms with Gasteiger partial charge in [-0.2, -0.15) is 5.10 Å². The Kier molecular flexibility index (Phi) is 2.78. The second-order valence-electron chi connectivity index (χ2n) is 4.87. The Balaban J connectivity index is 2.00. The lowest BCUT2D eigenvalue weighted by atomic mass is 10.2. The molecular weight excluding hydrogens is 236 g/mol. The van der Waals surface area contributed by atoms with Gasteiger partial charge in [-0.15, -0.1) is 0 Å². The van der Waals surface area contributed by atoms with Crippen LogP contribution >= 0.6 is 0 Å². The lowest BCUT2D eigenvalue weighted by Crippen LogP contribution is -2.04. The summed E-state index contributed by atoms with van der Waals surface area (Å²) in [7, 11) is 1.99. The van der Waals surface area contributed by atoms with Crippen LogP contribution in [0.2, 0.25) is 0 Å². The molecule has 0 aliphatic rings. The molecule has 0 amide bonds. The second kappa shape index (κ2) is 4.46. The molecule has 0 saturated heterocycles. The van der Waals surface area contributed by atoms with E-state index < -0.39 is 0 Å². The highest BCUT2D eigenvalue weighted by Gasteiger charge is 2.07. The van der Waals surface area contributed by atoms with E-state index in [4.69, 9.17) is 5.73 Å². The zero-order chi connectivity index (χ0) is 13.4. The number of rotatable bonds is 3. The number of benzene rings is 1. The number of hydrogen-bond donors (Lipinski definition) is 1. The van der Waals surface area contributed by atoms with Gasteiger partial charge in [-0.25, -0.2) is 0 Å². The van der Waals surface area contributed by atoms with Crippen LogP contribution in [0.5, 0.6) is 0 Å². The molecule has 3 aromatic rings. The van der Waals surface area contributed by atoms with E-state index in [2.05, 4.69) is 41.0 Å². The van der Waals surface area contributed by atoms with E-state index in [0.717, 1.165) is 24.3 Å². The Labute approximate surface area is 112 Å². The summed E-state index contributed by atoms with van der Waals surface area (Å²) in [6.07, 6.45) is 3.07. The number of anilines is 1. The molecule has 4 heteroatoms. The van der Waals surface area contributed by atoms with Gasteiger partial charge in [-0.3, -0.25) is 4.68 Å². The largest absolute Gasteiger partial charge is 0.399 e. The normalized spacial score (nSPS) is 11.3. The van der Waals surface area contributed by atoms with E-state index in [9.17, 15) is 0 Å². The summed E-state index contributed by atoms with van der Waals surface area (Å²) in [5.74, 6) is 0. The zero-order valence-electron chi connectivity index (χ0n) is 11.3. The van der Waals surface area contributed by atoms with Crippen molar-refractivity contribution in [3.63, 3.8) is 0 Å². The van der Waals surface area contributed by atoms with Gasteiger partial charge in [-0.05, 0) is 36.1 Å². The van der Waals surface area contributed by atoms with E-state index in [-0.39, 0.29) is 0 Å². The molecule has 0 aliphatic carbocycles. The molecule has 1 aromatic carbocycles. The minimum absolute atomic E-state index is 0.798. The fourth-order valence-corrected chi connectivity index (χ4v) is 2.41. The van der Waals surface area contributed by atoms with Gasteiger partial charge >= 0.3 is 0 Å². The number of hydrogen-bond acceptors (Lipinski definition) is 2. The molecule has 0 atom stereocenters. The van der Waals surface area contributed by atoms with Crippen molar-refractivity contribution in [3.05, 3.63) is 47.9 Å². The summed E-state index contributed by atoms with van der Waals surface area (Å²) in [5.41, 5.74) is 10.2. The Morgan fingerprint density at radius 3 is 2.79 bits per heavy atom. The van der Waals surface area contributed by atoms with E-state index in [1.807, 2.05) is 23.9 Å². The van der Waals surface area contributed by atoms with Crippen molar-refractivity contribution in [2.45, 2.75) is 19.9 Å². The smallest absolute Gasteiger partial charge is 0.0645 e. The molecule has 4 nitrogen and oxygen atoms in total. The summed E-state index contributed by atoms with van der Waals surface area (Å²) in [5, 5.41) is 5.70. The van der Waals surface area contributed by atoms with E-state index in [1.165, 1.54) is 16.6 Å². The standard InChI is InChI=1S/C15H18N4/c1-3-13-9-14(18(2)17-13)10-19-7-6-11-4-5-12(16)8-15(11)19/h4-9H,3,10,16H2,1-2H3. The topological polar surface area (TPSA) is 48.8 Å². The van der Waals surface area contributed by atoms with Crippen molar-refractivity contribution in [2.75, 3.05) is 5.73 Å². The summed E-state index contributed by atoms with van der Waals surface area (Å²) < 4.78 is 4.17. The number of aryl methyl sites for hydroxylation is 2. The summed E-state index contributed by atoms with van der Waals surface area (Å²) >= 11 is 0. The maximum Gasteiger partial charge on any atom is 0.0645 e. The van der Waals surface area contributed by atoms with Gasteiger partial charge in [0.2, 0.25) is 0 Å². The summed E-state index contributed by atoms with van der Waals surface area (Å²) in [6.45, 7) is 2.94. The number of nitrogen functional groups attached to an aromatic ring is 1. The molecule has 0 bridgehead atoms. The molecule has 2 heterocycles. The van der Waals surface area contributed by atoms with Crippen LogP contribution in [0.15, 0.2) is 36.5 Å². The van der Waals surface area contributed by atoms with Gasteiger partial charge in [0.25, 0.3) is 0 Å². The predicted molar refractivity (Wildman–Crippen MR) is 78.0 cm³/mol. The van der Waals surface area contributed by atoms with Crippen molar-refractivity contribution in [1.29, 1.82) is 0 Å². The second-order valence-corrected chi connectivity index (χ2v) is 4.87. The van der Waals surface area contributed by atoms with E-state index in [1.54, 1.807) is 0 Å². The fraction of sp³-hybridized carbons (Fsp3) is 0.267. The third-order valence-corrected chi connectivity index (χ3v) is 3.52. The Bertz CT molecular complexity index is 721. The predicted octanol–water partition coefficient (Wildman–Crippen LogP) is 2.57. The van der Waals surface area contributed by atoms with Gasteiger partial charge in [0.05, 0.1) is 23.4 Å². The monoisotopic (exact) mass is 254 g/mol. The van der Waals surface area contributed by atoms with Crippen LogP contribution in [0.1, 0.15) is 18.3 Å². The van der Waals surface area contributed by atoms with Crippen molar-refractivity contribution < 1.29 is 0 Å². The number of aromatic nitrogens is 3. The molecule has 0 aliphatic heterocycles. The average Bonchev–Trinajstić information content (AvgIpc) is 2.95. The van der Waals surface area contributed by atoms with Gasteiger partial charge in [0, 0.05) is 18.9 Å². The van der Waals surface area contributed by atoms with Crippen LogP contribution in [0.4, 0.5) is 5.69 Å². The first-order chi connectivity index (χ1) is 9.17. The molecule has 0 fully saturated rings. The molecule has 98 valence electrons. The Morgan fingerprint density at radius 1 is 1.21 bits per heavy atom. The molecule has 0 spiro atoms. The van der Waals surface area contributed by atoms with Crippen LogP contribution in [-0.4, -0.2) is 14.3 Å². The first-order valence-corrected chi connectivity index (χ1v) is 6.53. The van der Waals surface area contributed by atoms with Crippen molar-refractivity contribution in [2.24, 2.45) is 7.05 Å². The maximum atomic E-state index is 5.87. The van der Waals surface area contributed by atoms with Crippen LogP contribution in [0.3, 0.4) is 0 Å². The molecule has 0 radical (unpaired) electrons. The summed E-state index contributed by atoms with van der Waals surface area (Å²) in [4.78, 5) is 0. The highest BCUT2D eigenvalue weighted by atomic mass is 15.3. The molecule has 0 unspecified atom stereocenters. The van der Waals surface area contributed by atoms with E-state index >= 15 is 0 Å². The third kappa shape index (κ3) is 2.10. The highest BCUT2D eigenvalue weighted by molar-refractivity contribution is 5.83. The minimum Gasteiger partial charge on any atom is -0.399 e. The first kappa shape index (κ1) is 11.8. The third-order valence-electron chi connectivity index (χ3n) is 3.52. The fourth-order valence-electron chi connectivity index (χ4n) is 2.41. The number of fused-ring (bicyclic) bond motifs is 1. The molecule has 2 N–H and O–H groups in total. The molecule has 2 aromatic heterocycles. The molecular formula is C15H18N4. The maximum absolute atomic E-state index is 5.87. The Hall–Kier alpha value is -2.23. The van der Waals surface area contributed by atoms with Gasteiger partial charge in [-0.1, -0.05) is 13.0 Å². The SMILES string of the molecule is CCc1cc(Cn2ccc3ccc(N)cc32)n(C)n1. The van der Waals surface area contributed by atoms with Gasteiger partial charge in [0.15, 0.2) is 0 Å². The van der Waals surface area contributed by atoms with Gasteiger partial charge in [0.1, 0.15) is 0 Å². The Morgan fingerprint density at radius 2 is 2.05 bits per heavy atom. The van der Waals surface area contributed by atoms with Crippen LogP contribution in [0, 0.1) is 0 Å². The van der Waals surface area contributed by atoms with E-state index in [0.29, 0.717) is 0 Å². The minimum atomic E-state index is 0.798. The molecule has 19 heavy (non-hydrogen) atoms. The van der Waals surface area contributed by atoms with Crippen molar-refractivity contribution in [1.82, 2.24) is 14.3 Å². The average molecular weight is 254 g/mol. The number of nitrogens with zero attached hydrogens (tertiary/aromatic N) is 3. The van der Waals surface area contributed by atoms with Crippen LogP contribution < -0.4 is 5.73 Å². The lowest BCUT2D eigenvalue weighted by molar-refractivity contribution is 0.669. The van der Waals surface area contributed by atoms with Gasteiger partial charge < -0.3 is 10.3 Å². The lowest BCUT2D eigenvalue weighted by Gasteiger charge is -2.06. The molecule has 0 saturated carbocycles. The van der Waals surface area contributed by atoms with Crippen LogP contribution in [0.25, 0.3) is 10.9 Å². The van der Waals surface area contributed by atoms with Crippen LogP contribution in [-0.2, 0) is 20.0 Å². The van der Waals surface area contributed by atoms with Crippen molar-refractivity contribution in [3.8, 4) is 0 Å². The number of nitrogens with two attached hydrogens (primary N) is 1.